The Kier molecular flexibility index (Phi) is 4.90. The van der Waals surface area contributed by atoms with Gasteiger partial charge in [0.05, 0.1) is 11.6 Å². The smallest absolute Gasteiger partial charge is 0.0946 e. The van der Waals surface area contributed by atoms with Crippen molar-refractivity contribution in [1.82, 2.24) is 9.55 Å². The van der Waals surface area contributed by atoms with Gasteiger partial charge in [-0.1, -0.05) is 52.3 Å². The maximum Gasteiger partial charge on any atom is 0.0946 e. The number of thioether (sulfide) groups is 1. The van der Waals surface area contributed by atoms with Gasteiger partial charge in [-0.2, -0.15) is 0 Å². The van der Waals surface area contributed by atoms with Crippen molar-refractivity contribution in [1.29, 1.82) is 0 Å². The highest BCUT2D eigenvalue weighted by Gasteiger charge is 2.15. The van der Waals surface area contributed by atoms with E-state index in [4.69, 9.17) is 0 Å². The van der Waals surface area contributed by atoms with Gasteiger partial charge in [0.25, 0.3) is 0 Å². The molecule has 0 radical (unpaired) electrons. The van der Waals surface area contributed by atoms with Gasteiger partial charge in [-0.05, 0) is 46.7 Å². The summed E-state index contributed by atoms with van der Waals surface area (Å²) >= 11 is 5.40. The van der Waals surface area contributed by atoms with E-state index in [2.05, 4.69) is 92.2 Å². The van der Waals surface area contributed by atoms with Crippen LogP contribution in [0.1, 0.15) is 10.8 Å². The molecular weight excluding hydrogens is 392 g/mol. The van der Waals surface area contributed by atoms with Gasteiger partial charge in [0.1, 0.15) is 0 Å². The lowest BCUT2D eigenvalue weighted by atomic mass is 10.0. The number of fused-ring (bicyclic) bond motifs is 1. The van der Waals surface area contributed by atoms with Crippen LogP contribution in [0.3, 0.4) is 0 Å². The zero-order chi connectivity index (χ0) is 17.1. The van der Waals surface area contributed by atoms with Gasteiger partial charge in [-0.15, -0.1) is 11.8 Å². The molecule has 0 fully saturated rings. The van der Waals surface area contributed by atoms with E-state index in [1.165, 1.54) is 21.2 Å². The molecule has 0 aliphatic heterocycles. The minimum Gasteiger partial charge on any atom is -0.336 e. The first-order chi connectivity index (χ1) is 12.3. The molecule has 0 N–H and O–H groups in total. The SMILES string of the molecule is Brc1ccc(SC(Cn2ccnc2)c2ccc3ccccc3c2)cc1. The van der Waals surface area contributed by atoms with Crippen molar-refractivity contribution >= 4 is 38.5 Å². The molecule has 2 nitrogen and oxygen atoms in total. The number of hydrogen-bond donors (Lipinski definition) is 0. The van der Waals surface area contributed by atoms with Crippen LogP contribution < -0.4 is 0 Å². The van der Waals surface area contributed by atoms with Gasteiger partial charge < -0.3 is 4.57 Å². The molecule has 1 unspecified atom stereocenters. The van der Waals surface area contributed by atoms with Crippen LogP contribution in [0.25, 0.3) is 10.8 Å². The number of nitrogens with zero attached hydrogens (tertiary/aromatic N) is 2. The number of imidazole rings is 1. The topological polar surface area (TPSA) is 17.8 Å². The Morgan fingerprint density at radius 3 is 2.52 bits per heavy atom. The summed E-state index contributed by atoms with van der Waals surface area (Å²) < 4.78 is 3.25. The number of rotatable bonds is 5. The lowest BCUT2D eigenvalue weighted by Gasteiger charge is -2.18. The highest BCUT2D eigenvalue weighted by atomic mass is 79.9. The lowest BCUT2D eigenvalue weighted by molar-refractivity contribution is 0.684. The minimum atomic E-state index is 0.319. The molecule has 0 saturated carbocycles. The first-order valence-corrected chi connectivity index (χ1v) is 9.82. The van der Waals surface area contributed by atoms with E-state index in [1.54, 1.807) is 0 Å². The summed E-state index contributed by atoms with van der Waals surface area (Å²) in [6.07, 6.45) is 5.74. The van der Waals surface area contributed by atoms with Crippen LogP contribution in [0.4, 0.5) is 0 Å². The molecule has 0 aliphatic carbocycles. The van der Waals surface area contributed by atoms with E-state index in [9.17, 15) is 0 Å². The Morgan fingerprint density at radius 2 is 1.76 bits per heavy atom. The van der Waals surface area contributed by atoms with Gasteiger partial charge >= 0.3 is 0 Å². The molecule has 0 saturated heterocycles. The van der Waals surface area contributed by atoms with E-state index in [0.717, 1.165) is 11.0 Å². The Hall–Kier alpha value is -2.04. The monoisotopic (exact) mass is 408 g/mol. The maximum atomic E-state index is 4.18. The van der Waals surface area contributed by atoms with Crippen molar-refractivity contribution in [3.8, 4) is 0 Å². The summed E-state index contributed by atoms with van der Waals surface area (Å²) in [6, 6.07) is 23.8. The van der Waals surface area contributed by atoms with Crippen molar-refractivity contribution in [3.63, 3.8) is 0 Å². The molecule has 4 rings (SSSR count). The van der Waals surface area contributed by atoms with Gasteiger partial charge in [-0.3, -0.25) is 0 Å². The van der Waals surface area contributed by atoms with Crippen LogP contribution in [0, 0.1) is 0 Å². The molecule has 1 atom stereocenters. The average molecular weight is 409 g/mol. The standard InChI is InChI=1S/C21H17BrN2S/c22-19-7-9-20(10-8-19)25-21(14-24-12-11-23-15-24)18-6-5-16-3-1-2-4-17(16)13-18/h1-13,15,21H,14H2. The normalized spacial score (nSPS) is 12.4. The molecule has 0 amide bonds. The van der Waals surface area contributed by atoms with Gasteiger partial charge in [0.15, 0.2) is 0 Å². The summed E-state index contributed by atoms with van der Waals surface area (Å²) in [4.78, 5) is 5.45. The van der Waals surface area contributed by atoms with E-state index < -0.39 is 0 Å². The molecule has 1 aromatic heterocycles. The number of aromatic nitrogens is 2. The second-order valence-electron chi connectivity index (χ2n) is 5.93. The first kappa shape index (κ1) is 16.4. The van der Waals surface area contributed by atoms with E-state index >= 15 is 0 Å². The number of hydrogen-bond acceptors (Lipinski definition) is 2. The Balaban J connectivity index is 1.68. The molecule has 124 valence electrons. The number of halogens is 1. The summed E-state index contributed by atoms with van der Waals surface area (Å²) in [6.45, 7) is 0.888. The van der Waals surface area contributed by atoms with Crippen molar-refractivity contribution in [2.75, 3.05) is 0 Å². The highest BCUT2D eigenvalue weighted by Crippen LogP contribution is 2.38. The molecule has 1 heterocycles. The van der Waals surface area contributed by atoms with Crippen LogP contribution >= 0.6 is 27.7 Å². The first-order valence-electron chi connectivity index (χ1n) is 8.14. The fourth-order valence-electron chi connectivity index (χ4n) is 2.88. The van der Waals surface area contributed by atoms with E-state index in [1.807, 2.05) is 30.5 Å². The molecule has 3 aromatic carbocycles. The van der Waals surface area contributed by atoms with Crippen LogP contribution in [0.2, 0.25) is 0 Å². The predicted molar refractivity (Wildman–Crippen MR) is 109 cm³/mol. The molecule has 25 heavy (non-hydrogen) atoms. The van der Waals surface area contributed by atoms with Crippen molar-refractivity contribution < 1.29 is 0 Å². The van der Waals surface area contributed by atoms with Gasteiger partial charge in [-0.25, -0.2) is 4.98 Å². The quantitative estimate of drug-likeness (QED) is 0.359. The lowest BCUT2D eigenvalue weighted by Crippen LogP contribution is -2.05. The molecule has 4 heteroatoms. The summed E-state index contributed by atoms with van der Waals surface area (Å²) in [7, 11) is 0. The largest absolute Gasteiger partial charge is 0.336 e. The Labute approximate surface area is 160 Å². The van der Waals surface area contributed by atoms with Crippen LogP contribution in [-0.2, 0) is 6.54 Å². The zero-order valence-corrected chi connectivity index (χ0v) is 16.0. The summed E-state index contributed by atoms with van der Waals surface area (Å²) in [5.74, 6) is 0. The molecular formula is C21H17BrN2S. The van der Waals surface area contributed by atoms with Crippen molar-refractivity contribution in [3.05, 3.63) is 95.5 Å². The fraction of sp³-hybridized carbons (Fsp3) is 0.0952. The average Bonchev–Trinajstić information content (AvgIpc) is 3.16. The molecule has 0 spiro atoms. The zero-order valence-electron chi connectivity index (χ0n) is 13.5. The van der Waals surface area contributed by atoms with Crippen LogP contribution in [0.5, 0.6) is 0 Å². The minimum absolute atomic E-state index is 0.319. The molecule has 0 aliphatic rings. The highest BCUT2D eigenvalue weighted by molar-refractivity contribution is 9.10. The van der Waals surface area contributed by atoms with E-state index in [0.29, 0.717) is 5.25 Å². The third-order valence-corrected chi connectivity index (χ3v) is 5.95. The second-order valence-corrected chi connectivity index (χ2v) is 8.12. The number of benzene rings is 3. The van der Waals surface area contributed by atoms with Crippen LogP contribution in [0.15, 0.2) is 94.8 Å². The second kappa shape index (κ2) is 7.46. The Bertz CT molecular complexity index is 965. The molecule has 4 aromatic rings. The van der Waals surface area contributed by atoms with Gasteiger partial charge in [0.2, 0.25) is 0 Å². The summed E-state index contributed by atoms with van der Waals surface area (Å²) in [5.41, 5.74) is 1.33. The third-order valence-electron chi connectivity index (χ3n) is 4.17. The fourth-order valence-corrected chi connectivity index (χ4v) is 4.30. The van der Waals surface area contributed by atoms with Crippen LogP contribution in [-0.4, -0.2) is 9.55 Å². The third kappa shape index (κ3) is 3.97. The maximum absolute atomic E-state index is 4.18. The molecule has 0 bridgehead atoms. The summed E-state index contributed by atoms with van der Waals surface area (Å²) in [5, 5.41) is 2.88. The van der Waals surface area contributed by atoms with E-state index in [-0.39, 0.29) is 0 Å². The predicted octanol–water partition coefficient (Wildman–Crippen LogP) is 6.33. The van der Waals surface area contributed by atoms with Crippen molar-refractivity contribution in [2.24, 2.45) is 0 Å². The van der Waals surface area contributed by atoms with Crippen molar-refractivity contribution in [2.45, 2.75) is 16.7 Å². The Morgan fingerprint density at radius 1 is 0.960 bits per heavy atom. The van der Waals surface area contributed by atoms with Gasteiger partial charge in [0, 0.05) is 28.3 Å².